The van der Waals surface area contributed by atoms with E-state index in [4.69, 9.17) is 9.84 Å². The third-order valence-electron chi connectivity index (χ3n) is 2.90. The third-order valence-corrected chi connectivity index (χ3v) is 4.17. The van der Waals surface area contributed by atoms with E-state index in [2.05, 4.69) is 37.2 Å². The molecule has 0 amide bonds. The number of nitrogens with one attached hydrogen (secondary N) is 1. The molecule has 2 rings (SSSR count). The molecule has 0 aromatic heterocycles. The van der Waals surface area contributed by atoms with Gasteiger partial charge in [0.2, 0.25) is 0 Å². The zero-order chi connectivity index (χ0) is 15.4. The minimum Gasteiger partial charge on any atom is -0.495 e. The molecular formula is C15H13Br2NO3. The van der Waals surface area contributed by atoms with Crippen molar-refractivity contribution >= 4 is 43.5 Å². The Bertz CT molecular complexity index is 674. The fraction of sp³-hybridized carbons (Fsp3) is 0.133. The first-order valence-electron chi connectivity index (χ1n) is 6.10. The van der Waals surface area contributed by atoms with Crippen molar-refractivity contribution in [2.24, 2.45) is 0 Å². The molecule has 0 heterocycles. The largest absolute Gasteiger partial charge is 0.495 e. The minimum atomic E-state index is -0.927. The number of carboxylic acids is 1. The highest BCUT2D eigenvalue weighted by atomic mass is 79.9. The van der Waals surface area contributed by atoms with Crippen LogP contribution in [0, 0.1) is 0 Å². The monoisotopic (exact) mass is 413 g/mol. The maximum Gasteiger partial charge on any atom is 0.335 e. The standard InChI is InChI=1S/C15H13Br2NO3/c1-21-14-7-13(11(16)6-12(14)17)18-8-9-3-2-4-10(5-9)15(19)20/h2-7,18H,8H2,1H3,(H,19,20). The van der Waals surface area contributed by atoms with Crippen molar-refractivity contribution in [1.29, 1.82) is 0 Å². The average molecular weight is 415 g/mol. The number of hydrogen-bond acceptors (Lipinski definition) is 3. The van der Waals surface area contributed by atoms with Crippen LogP contribution in [-0.4, -0.2) is 18.2 Å². The normalized spacial score (nSPS) is 10.2. The van der Waals surface area contributed by atoms with Crippen molar-refractivity contribution < 1.29 is 14.6 Å². The van der Waals surface area contributed by atoms with Crippen LogP contribution in [0.15, 0.2) is 45.3 Å². The molecule has 0 aliphatic heterocycles. The highest BCUT2D eigenvalue weighted by Gasteiger charge is 2.08. The molecule has 0 fully saturated rings. The number of rotatable bonds is 5. The van der Waals surface area contributed by atoms with Crippen LogP contribution >= 0.6 is 31.9 Å². The Morgan fingerprint density at radius 1 is 1.24 bits per heavy atom. The highest BCUT2D eigenvalue weighted by molar-refractivity contribution is 9.11. The first-order valence-corrected chi connectivity index (χ1v) is 7.69. The number of benzene rings is 2. The van der Waals surface area contributed by atoms with Crippen molar-refractivity contribution in [2.75, 3.05) is 12.4 Å². The number of ether oxygens (including phenoxy) is 1. The Balaban J connectivity index is 2.16. The van der Waals surface area contributed by atoms with Gasteiger partial charge in [-0.25, -0.2) is 4.79 Å². The van der Waals surface area contributed by atoms with Crippen LogP contribution in [0.25, 0.3) is 0 Å². The van der Waals surface area contributed by atoms with E-state index < -0.39 is 5.97 Å². The third kappa shape index (κ3) is 3.98. The van der Waals surface area contributed by atoms with E-state index in [-0.39, 0.29) is 5.56 Å². The summed E-state index contributed by atoms with van der Waals surface area (Å²) in [7, 11) is 1.61. The van der Waals surface area contributed by atoms with Crippen LogP contribution in [0.5, 0.6) is 5.75 Å². The van der Waals surface area contributed by atoms with Crippen LogP contribution in [-0.2, 0) is 6.54 Å². The molecule has 0 radical (unpaired) electrons. The van der Waals surface area contributed by atoms with E-state index >= 15 is 0 Å². The molecule has 0 unspecified atom stereocenters. The van der Waals surface area contributed by atoms with E-state index in [0.29, 0.717) is 6.54 Å². The highest BCUT2D eigenvalue weighted by Crippen LogP contribution is 2.34. The molecule has 2 aromatic rings. The van der Waals surface area contributed by atoms with E-state index in [1.165, 1.54) is 0 Å². The Morgan fingerprint density at radius 2 is 2.00 bits per heavy atom. The van der Waals surface area contributed by atoms with Gasteiger partial charge in [-0.1, -0.05) is 12.1 Å². The Labute approximate surface area is 139 Å². The molecule has 0 saturated carbocycles. The zero-order valence-electron chi connectivity index (χ0n) is 11.2. The Kier molecular flexibility index (Phi) is 5.25. The topological polar surface area (TPSA) is 58.6 Å². The molecule has 2 aromatic carbocycles. The van der Waals surface area contributed by atoms with Gasteiger partial charge in [-0.15, -0.1) is 0 Å². The van der Waals surface area contributed by atoms with Crippen LogP contribution in [0.1, 0.15) is 15.9 Å². The number of halogens is 2. The lowest BCUT2D eigenvalue weighted by atomic mass is 10.1. The zero-order valence-corrected chi connectivity index (χ0v) is 14.4. The van der Waals surface area contributed by atoms with Gasteiger partial charge in [-0.2, -0.15) is 0 Å². The fourth-order valence-electron chi connectivity index (χ4n) is 1.83. The van der Waals surface area contributed by atoms with Gasteiger partial charge < -0.3 is 15.2 Å². The molecule has 2 N–H and O–H groups in total. The smallest absolute Gasteiger partial charge is 0.335 e. The summed E-state index contributed by atoms with van der Waals surface area (Å²) in [4.78, 5) is 11.0. The second-order valence-electron chi connectivity index (χ2n) is 4.33. The predicted octanol–water partition coefficient (Wildman–Crippen LogP) is 4.53. The number of aromatic carboxylic acids is 1. The van der Waals surface area contributed by atoms with Gasteiger partial charge in [0, 0.05) is 17.1 Å². The Hall–Kier alpha value is -1.53. The van der Waals surface area contributed by atoms with Crippen molar-refractivity contribution in [3.63, 3.8) is 0 Å². The molecule has 0 saturated heterocycles. The molecule has 4 nitrogen and oxygen atoms in total. The molecule has 0 bridgehead atoms. The van der Waals surface area contributed by atoms with Crippen molar-refractivity contribution in [3.05, 3.63) is 56.5 Å². The molecule has 0 atom stereocenters. The van der Waals surface area contributed by atoms with Crippen LogP contribution in [0.2, 0.25) is 0 Å². The summed E-state index contributed by atoms with van der Waals surface area (Å²) in [5.74, 6) is -0.205. The molecule has 0 aliphatic rings. The van der Waals surface area contributed by atoms with E-state index in [1.54, 1.807) is 25.3 Å². The van der Waals surface area contributed by atoms with Gasteiger partial charge in [0.1, 0.15) is 5.75 Å². The lowest BCUT2D eigenvalue weighted by Gasteiger charge is -2.12. The number of carbonyl (C=O) groups is 1. The second-order valence-corrected chi connectivity index (χ2v) is 6.03. The molecule has 21 heavy (non-hydrogen) atoms. The second kappa shape index (κ2) is 6.95. The maximum absolute atomic E-state index is 11.0. The van der Waals surface area contributed by atoms with Gasteiger partial charge >= 0.3 is 5.97 Å². The number of anilines is 1. The van der Waals surface area contributed by atoms with Crippen molar-refractivity contribution in [1.82, 2.24) is 0 Å². The van der Waals surface area contributed by atoms with E-state index in [9.17, 15) is 4.79 Å². The van der Waals surface area contributed by atoms with Crippen LogP contribution in [0.3, 0.4) is 0 Å². The summed E-state index contributed by atoms with van der Waals surface area (Å²) in [5, 5.41) is 12.2. The van der Waals surface area contributed by atoms with Gasteiger partial charge in [0.15, 0.2) is 0 Å². The summed E-state index contributed by atoms with van der Waals surface area (Å²) >= 11 is 6.89. The SMILES string of the molecule is COc1cc(NCc2cccc(C(=O)O)c2)c(Br)cc1Br. The number of methoxy groups -OCH3 is 1. The van der Waals surface area contributed by atoms with E-state index in [0.717, 1.165) is 25.9 Å². The lowest BCUT2D eigenvalue weighted by Crippen LogP contribution is -2.03. The molecule has 110 valence electrons. The molecule has 6 heteroatoms. The van der Waals surface area contributed by atoms with Gasteiger partial charge in [0.05, 0.1) is 22.8 Å². The minimum absolute atomic E-state index is 0.279. The summed E-state index contributed by atoms with van der Waals surface area (Å²) in [6, 6.07) is 10.6. The van der Waals surface area contributed by atoms with E-state index in [1.807, 2.05) is 18.2 Å². The average Bonchev–Trinajstić information content (AvgIpc) is 2.46. The number of carboxylic acid groups (broad SMARTS) is 1. The molecule has 0 aliphatic carbocycles. The van der Waals surface area contributed by atoms with Crippen LogP contribution < -0.4 is 10.1 Å². The van der Waals surface area contributed by atoms with Gasteiger partial charge in [-0.3, -0.25) is 0 Å². The van der Waals surface area contributed by atoms with Crippen LogP contribution in [0.4, 0.5) is 5.69 Å². The summed E-state index contributed by atoms with van der Waals surface area (Å²) in [5.41, 5.74) is 2.04. The number of hydrogen-bond donors (Lipinski definition) is 2. The summed E-state index contributed by atoms with van der Waals surface area (Å²) < 4.78 is 7.01. The lowest BCUT2D eigenvalue weighted by molar-refractivity contribution is 0.0697. The quantitative estimate of drug-likeness (QED) is 0.754. The first-order chi connectivity index (χ1) is 10.0. The summed E-state index contributed by atoms with van der Waals surface area (Å²) in [6.45, 7) is 0.518. The maximum atomic E-state index is 11.0. The molecular weight excluding hydrogens is 402 g/mol. The van der Waals surface area contributed by atoms with Crippen molar-refractivity contribution in [2.45, 2.75) is 6.54 Å². The molecule has 0 spiro atoms. The first kappa shape index (κ1) is 15.9. The van der Waals surface area contributed by atoms with Crippen molar-refractivity contribution in [3.8, 4) is 5.75 Å². The summed E-state index contributed by atoms with van der Waals surface area (Å²) in [6.07, 6.45) is 0. The predicted molar refractivity (Wildman–Crippen MR) is 89.1 cm³/mol. The van der Waals surface area contributed by atoms with Gasteiger partial charge in [-0.05, 0) is 55.6 Å². The van der Waals surface area contributed by atoms with Gasteiger partial charge in [0.25, 0.3) is 0 Å². The Morgan fingerprint density at radius 3 is 2.67 bits per heavy atom. The fourth-order valence-corrected chi connectivity index (χ4v) is 3.13.